The van der Waals surface area contributed by atoms with Crippen LogP contribution in [0.15, 0.2) is 0 Å². The van der Waals surface area contributed by atoms with Gasteiger partial charge >= 0.3 is 0 Å². The van der Waals surface area contributed by atoms with Crippen molar-refractivity contribution in [1.29, 1.82) is 0 Å². The van der Waals surface area contributed by atoms with Crippen LogP contribution in [0.25, 0.3) is 0 Å². The first-order chi connectivity index (χ1) is 9.28. The van der Waals surface area contributed by atoms with E-state index < -0.39 is 0 Å². The maximum atomic E-state index is 3.50. The highest BCUT2D eigenvalue weighted by Crippen LogP contribution is 2.33. The van der Waals surface area contributed by atoms with Crippen LogP contribution in [-0.4, -0.2) is 61.7 Å². The van der Waals surface area contributed by atoms with Crippen LogP contribution in [0.1, 0.15) is 44.9 Å². The first kappa shape index (κ1) is 13.8. The van der Waals surface area contributed by atoms with Gasteiger partial charge in [-0.2, -0.15) is 0 Å². The fourth-order valence-corrected chi connectivity index (χ4v) is 4.77. The van der Waals surface area contributed by atoms with Gasteiger partial charge in [-0.05, 0) is 71.6 Å². The minimum absolute atomic E-state index is 0.769. The summed E-state index contributed by atoms with van der Waals surface area (Å²) in [7, 11) is 4.47. The standard InChI is InChI=1S/C16H31N3/c1-17-14-6-3-7-15(11-14)19-10-8-16-13(12-19)5-4-9-18(16)2/h13-17H,3-12H2,1-2H3. The summed E-state index contributed by atoms with van der Waals surface area (Å²) in [6.45, 7) is 4.04. The van der Waals surface area contributed by atoms with Crippen molar-refractivity contribution in [3.8, 4) is 0 Å². The van der Waals surface area contributed by atoms with Crippen LogP contribution in [-0.2, 0) is 0 Å². The number of hydrogen-bond donors (Lipinski definition) is 1. The van der Waals surface area contributed by atoms with E-state index >= 15 is 0 Å². The highest BCUT2D eigenvalue weighted by Gasteiger charge is 2.37. The Morgan fingerprint density at radius 1 is 1.00 bits per heavy atom. The van der Waals surface area contributed by atoms with Crippen molar-refractivity contribution in [2.24, 2.45) is 5.92 Å². The highest BCUT2D eigenvalue weighted by atomic mass is 15.2. The van der Waals surface area contributed by atoms with Crippen LogP contribution in [0.2, 0.25) is 0 Å². The lowest BCUT2D eigenvalue weighted by Crippen LogP contribution is -2.56. The van der Waals surface area contributed by atoms with Gasteiger partial charge in [-0.15, -0.1) is 0 Å². The zero-order valence-electron chi connectivity index (χ0n) is 12.8. The molecule has 3 rings (SSSR count). The van der Waals surface area contributed by atoms with E-state index in [0.717, 1.165) is 24.0 Å². The van der Waals surface area contributed by atoms with Crippen molar-refractivity contribution in [1.82, 2.24) is 15.1 Å². The molecule has 0 aromatic carbocycles. The van der Waals surface area contributed by atoms with Crippen LogP contribution >= 0.6 is 0 Å². The summed E-state index contributed by atoms with van der Waals surface area (Å²) in [5.74, 6) is 0.947. The third-order valence-corrected chi connectivity index (χ3v) is 5.95. The van der Waals surface area contributed by atoms with Crippen molar-refractivity contribution >= 4 is 0 Å². The zero-order valence-corrected chi connectivity index (χ0v) is 12.8. The Morgan fingerprint density at radius 3 is 2.74 bits per heavy atom. The van der Waals surface area contributed by atoms with E-state index in [9.17, 15) is 0 Å². The summed E-state index contributed by atoms with van der Waals surface area (Å²) >= 11 is 0. The molecule has 0 bridgehead atoms. The molecule has 110 valence electrons. The average molecular weight is 265 g/mol. The second-order valence-corrected chi connectivity index (χ2v) is 7.04. The second-order valence-electron chi connectivity index (χ2n) is 7.04. The maximum Gasteiger partial charge on any atom is 0.0145 e. The molecule has 19 heavy (non-hydrogen) atoms. The van der Waals surface area contributed by atoms with Gasteiger partial charge in [0.25, 0.3) is 0 Å². The van der Waals surface area contributed by atoms with Crippen molar-refractivity contribution < 1.29 is 0 Å². The number of hydrogen-bond acceptors (Lipinski definition) is 3. The molecule has 3 aliphatic rings. The molecule has 1 aliphatic carbocycles. The van der Waals surface area contributed by atoms with Gasteiger partial charge in [0.2, 0.25) is 0 Å². The molecule has 1 N–H and O–H groups in total. The number of likely N-dealkylation sites (tertiary alicyclic amines) is 2. The highest BCUT2D eigenvalue weighted by molar-refractivity contribution is 4.93. The summed E-state index contributed by atoms with van der Waals surface area (Å²) in [6, 6.07) is 2.51. The zero-order chi connectivity index (χ0) is 13.2. The molecule has 4 atom stereocenters. The van der Waals surface area contributed by atoms with Gasteiger partial charge in [-0.1, -0.05) is 6.42 Å². The van der Waals surface area contributed by atoms with Crippen molar-refractivity contribution in [3.63, 3.8) is 0 Å². The quantitative estimate of drug-likeness (QED) is 0.823. The third-order valence-electron chi connectivity index (χ3n) is 5.95. The summed E-state index contributed by atoms with van der Waals surface area (Å²) in [5.41, 5.74) is 0. The average Bonchev–Trinajstić information content (AvgIpc) is 2.47. The molecule has 1 saturated carbocycles. The normalized spacial score (nSPS) is 42.0. The molecule has 0 radical (unpaired) electrons. The lowest BCUT2D eigenvalue weighted by molar-refractivity contribution is 0.00987. The molecule has 0 aromatic heterocycles. The molecular weight excluding hydrogens is 234 g/mol. The monoisotopic (exact) mass is 265 g/mol. The molecule has 3 heteroatoms. The second kappa shape index (κ2) is 6.11. The summed E-state index contributed by atoms with van der Waals surface area (Å²) < 4.78 is 0. The molecular formula is C16H31N3. The molecule has 0 spiro atoms. The van der Waals surface area contributed by atoms with Gasteiger partial charge in [0.15, 0.2) is 0 Å². The Hall–Kier alpha value is -0.120. The Kier molecular flexibility index (Phi) is 4.45. The SMILES string of the molecule is CNC1CCCC(N2CCC3C(CCCN3C)C2)C1. The molecule has 2 aliphatic heterocycles. The Morgan fingerprint density at radius 2 is 1.89 bits per heavy atom. The van der Waals surface area contributed by atoms with Gasteiger partial charge in [-0.3, -0.25) is 4.90 Å². The lowest BCUT2D eigenvalue weighted by Gasteiger charge is -2.49. The van der Waals surface area contributed by atoms with E-state index in [1.807, 2.05) is 0 Å². The first-order valence-electron chi connectivity index (χ1n) is 8.39. The first-order valence-corrected chi connectivity index (χ1v) is 8.39. The summed E-state index contributed by atoms with van der Waals surface area (Å²) in [4.78, 5) is 5.46. The van der Waals surface area contributed by atoms with Crippen LogP contribution in [0, 0.1) is 5.92 Å². The Bertz CT molecular complexity index is 294. The number of fused-ring (bicyclic) bond motifs is 1. The van der Waals surface area contributed by atoms with E-state index in [1.165, 1.54) is 64.6 Å². The van der Waals surface area contributed by atoms with E-state index in [0.29, 0.717) is 0 Å². The molecule has 2 saturated heterocycles. The predicted molar refractivity (Wildman–Crippen MR) is 80.4 cm³/mol. The number of rotatable bonds is 2. The maximum absolute atomic E-state index is 3.50. The number of nitrogens with one attached hydrogen (secondary N) is 1. The Labute approximate surface area is 118 Å². The van der Waals surface area contributed by atoms with Gasteiger partial charge < -0.3 is 10.2 Å². The molecule has 3 nitrogen and oxygen atoms in total. The summed E-state index contributed by atoms with van der Waals surface area (Å²) in [6.07, 6.45) is 9.90. The van der Waals surface area contributed by atoms with Crippen LogP contribution in [0.5, 0.6) is 0 Å². The van der Waals surface area contributed by atoms with Crippen molar-refractivity contribution in [2.45, 2.75) is 63.1 Å². The largest absolute Gasteiger partial charge is 0.317 e. The van der Waals surface area contributed by atoms with Gasteiger partial charge in [-0.25, -0.2) is 0 Å². The smallest absolute Gasteiger partial charge is 0.0145 e. The number of piperidine rings is 2. The third kappa shape index (κ3) is 2.98. The van der Waals surface area contributed by atoms with E-state index in [4.69, 9.17) is 0 Å². The van der Waals surface area contributed by atoms with E-state index in [2.05, 4.69) is 29.2 Å². The van der Waals surface area contributed by atoms with Crippen molar-refractivity contribution in [2.75, 3.05) is 33.7 Å². The van der Waals surface area contributed by atoms with Crippen LogP contribution < -0.4 is 5.32 Å². The predicted octanol–water partition coefficient (Wildman–Crippen LogP) is 1.93. The summed E-state index contributed by atoms with van der Waals surface area (Å²) in [5, 5.41) is 3.50. The molecule has 4 unspecified atom stereocenters. The fourth-order valence-electron chi connectivity index (χ4n) is 4.77. The van der Waals surface area contributed by atoms with E-state index in [-0.39, 0.29) is 0 Å². The lowest BCUT2D eigenvalue weighted by atomic mass is 9.82. The molecule has 2 heterocycles. The van der Waals surface area contributed by atoms with Gasteiger partial charge in [0, 0.05) is 24.7 Å². The topological polar surface area (TPSA) is 18.5 Å². The van der Waals surface area contributed by atoms with Gasteiger partial charge in [0.1, 0.15) is 0 Å². The fraction of sp³-hybridized carbons (Fsp3) is 1.00. The van der Waals surface area contributed by atoms with Crippen LogP contribution in [0.3, 0.4) is 0 Å². The van der Waals surface area contributed by atoms with Crippen LogP contribution in [0.4, 0.5) is 0 Å². The number of nitrogens with zero attached hydrogens (tertiary/aromatic N) is 2. The molecule has 3 fully saturated rings. The Balaban J connectivity index is 1.58. The molecule has 0 aromatic rings. The van der Waals surface area contributed by atoms with E-state index in [1.54, 1.807) is 0 Å². The minimum Gasteiger partial charge on any atom is -0.317 e. The van der Waals surface area contributed by atoms with Crippen molar-refractivity contribution in [3.05, 3.63) is 0 Å². The van der Waals surface area contributed by atoms with Gasteiger partial charge in [0.05, 0.1) is 0 Å². The minimum atomic E-state index is 0.769. The molecule has 0 amide bonds.